The second kappa shape index (κ2) is 6.56. The summed E-state index contributed by atoms with van der Waals surface area (Å²) in [5, 5.41) is 8.86. The van der Waals surface area contributed by atoms with Crippen LogP contribution in [0.2, 0.25) is 0 Å². The highest BCUT2D eigenvalue weighted by molar-refractivity contribution is 5.70. The van der Waals surface area contributed by atoms with Crippen molar-refractivity contribution in [1.29, 1.82) is 0 Å². The summed E-state index contributed by atoms with van der Waals surface area (Å²) in [7, 11) is 0. The molecule has 0 bridgehead atoms. The molecular formula is C13H16F3NO2. The first-order valence-electron chi connectivity index (χ1n) is 5.91. The fourth-order valence-electron chi connectivity index (χ4n) is 2.00. The Kier molecular flexibility index (Phi) is 5.35. The van der Waals surface area contributed by atoms with Gasteiger partial charge in [0.2, 0.25) is 0 Å². The van der Waals surface area contributed by atoms with Crippen LogP contribution in [0, 0.1) is 29.3 Å². The second-order valence-corrected chi connectivity index (χ2v) is 4.68. The lowest BCUT2D eigenvalue weighted by atomic mass is 9.90. The third-order valence-electron chi connectivity index (χ3n) is 2.96. The lowest BCUT2D eigenvalue weighted by molar-refractivity contribution is -0.141. The van der Waals surface area contributed by atoms with Crippen LogP contribution in [0.1, 0.15) is 18.9 Å². The molecule has 0 saturated carbocycles. The van der Waals surface area contributed by atoms with Crippen LogP contribution < -0.4 is 5.73 Å². The van der Waals surface area contributed by atoms with Crippen LogP contribution in [0.5, 0.6) is 0 Å². The summed E-state index contributed by atoms with van der Waals surface area (Å²) < 4.78 is 39.5. The van der Waals surface area contributed by atoms with E-state index in [-0.39, 0.29) is 30.9 Å². The van der Waals surface area contributed by atoms with Crippen LogP contribution in [-0.4, -0.2) is 17.6 Å². The monoisotopic (exact) mass is 275 g/mol. The van der Waals surface area contributed by atoms with Crippen LogP contribution in [0.3, 0.4) is 0 Å². The summed E-state index contributed by atoms with van der Waals surface area (Å²) in [5.74, 6) is -5.20. The molecule has 0 aliphatic rings. The Hall–Kier alpha value is -1.56. The zero-order valence-electron chi connectivity index (χ0n) is 10.5. The first kappa shape index (κ1) is 15.5. The van der Waals surface area contributed by atoms with Crippen molar-refractivity contribution in [2.45, 2.75) is 19.8 Å². The Labute approximate surface area is 109 Å². The largest absolute Gasteiger partial charge is 0.481 e. The van der Waals surface area contributed by atoms with Gasteiger partial charge in [-0.15, -0.1) is 0 Å². The summed E-state index contributed by atoms with van der Waals surface area (Å²) in [5.41, 5.74) is 5.23. The molecule has 2 unspecified atom stereocenters. The molecule has 106 valence electrons. The molecule has 0 fully saturated rings. The predicted molar refractivity (Wildman–Crippen MR) is 64.0 cm³/mol. The molecule has 0 aliphatic heterocycles. The van der Waals surface area contributed by atoms with Gasteiger partial charge in [0.25, 0.3) is 0 Å². The highest BCUT2D eigenvalue weighted by Gasteiger charge is 2.20. The molecule has 0 heterocycles. The van der Waals surface area contributed by atoms with Crippen molar-refractivity contribution in [3.8, 4) is 0 Å². The fraction of sp³-hybridized carbons (Fsp3) is 0.462. The highest BCUT2D eigenvalue weighted by Crippen LogP contribution is 2.21. The van der Waals surface area contributed by atoms with Gasteiger partial charge in [-0.1, -0.05) is 6.92 Å². The molecular weight excluding hydrogens is 259 g/mol. The lowest BCUT2D eigenvalue weighted by Gasteiger charge is -2.16. The first-order chi connectivity index (χ1) is 8.85. The van der Waals surface area contributed by atoms with E-state index >= 15 is 0 Å². The second-order valence-electron chi connectivity index (χ2n) is 4.68. The number of carboxylic acids is 1. The van der Waals surface area contributed by atoms with Crippen molar-refractivity contribution in [1.82, 2.24) is 0 Å². The normalized spacial score (nSPS) is 14.2. The molecule has 0 amide bonds. The van der Waals surface area contributed by atoms with Crippen LogP contribution in [0.4, 0.5) is 13.2 Å². The summed E-state index contributed by atoms with van der Waals surface area (Å²) >= 11 is 0. The number of nitrogens with two attached hydrogens (primary N) is 1. The van der Waals surface area contributed by atoms with Gasteiger partial charge in [-0.25, -0.2) is 13.2 Å². The van der Waals surface area contributed by atoms with Gasteiger partial charge in [-0.2, -0.15) is 0 Å². The summed E-state index contributed by atoms with van der Waals surface area (Å²) in [4.78, 5) is 10.8. The fourth-order valence-corrected chi connectivity index (χ4v) is 2.00. The minimum Gasteiger partial charge on any atom is -0.481 e. The number of rotatable bonds is 6. The van der Waals surface area contributed by atoms with E-state index < -0.39 is 29.3 Å². The van der Waals surface area contributed by atoms with Gasteiger partial charge >= 0.3 is 5.97 Å². The van der Waals surface area contributed by atoms with Gasteiger partial charge in [-0.05, 0) is 30.4 Å². The molecule has 0 radical (unpaired) electrons. The van der Waals surface area contributed by atoms with Crippen LogP contribution in [0.25, 0.3) is 0 Å². The zero-order chi connectivity index (χ0) is 14.6. The maximum Gasteiger partial charge on any atom is 0.307 e. The SMILES string of the molecule is CC(Cc1cc(F)cc(F)c1F)CC(CN)C(=O)O. The maximum atomic E-state index is 13.4. The van der Waals surface area contributed by atoms with Gasteiger partial charge in [0, 0.05) is 12.6 Å². The third-order valence-corrected chi connectivity index (χ3v) is 2.96. The van der Waals surface area contributed by atoms with E-state index in [0.717, 1.165) is 6.07 Å². The summed E-state index contributed by atoms with van der Waals surface area (Å²) in [6.07, 6.45) is 0.285. The molecule has 1 rings (SSSR count). The van der Waals surface area contributed by atoms with E-state index in [2.05, 4.69) is 0 Å². The van der Waals surface area contributed by atoms with Gasteiger partial charge < -0.3 is 10.8 Å². The van der Waals surface area contributed by atoms with Gasteiger partial charge in [-0.3, -0.25) is 4.79 Å². The Bertz CT molecular complexity index is 465. The maximum absolute atomic E-state index is 13.4. The first-order valence-corrected chi connectivity index (χ1v) is 5.91. The molecule has 1 aromatic rings. The van der Waals surface area contributed by atoms with E-state index in [0.29, 0.717) is 6.07 Å². The number of halogens is 3. The summed E-state index contributed by atoms with van der Waals surface area (Å²) in [6.45, 7) is 1.66. The molecule has 2 atom stereocenters. The zero-order valence-corrected chi connectivity index (χ0v) is 10.5. The van der Waals surface area contributed by atoms with Gasteiger partial charge in [0.05, 0.1) is 5.92 Å². The van der Waals surface area contributed by atoms with E-state index in [1.165, 1.54) is 0 Å². The Morgan fingerprint density at radius 3 is 2.53 bits per heavy atom. The molecule has 19 heavy (non-hydrogen) atoms. The van der Waals surface area contributed by atoms with E-state index in [1.807, 2.05) is 0 Å². The molecule has 0 aromatic heterocycles. The molecule has 6 heteroatoms. The Balaban J connectivity index is 2.77. The smallest absolute Gasteiger partial charge is 0.307 e. The lowest BCUT2D eigenvalue weighted by Crippen LogP contribution is -2.25. The number of hydrogen-bond acceptors (Lipinski definition) is 2. The van der Waals surface area contributed by atoms with Crippen molar-refractivity contribution in [2.75, 3.05) is 6.54 Å². The topological polar surface area (TPSA) is 63.3 Å². The summed E-state index contributed by atoms with van der Waals surface area (Å²) in [6, 6.07) is 1.40. The number of aliphatic carboxylic acids is 1. The molecule has 3 nitrogen and oxygen atoms in total. The minimum atomic E-state index is -1.24. The van der Waals surface area contributed by atoms with Crippen molar-refractivity contribution < 1.29 is 23.1 Å². The number of benzene rings is 1. The van der Waals surface area contributed by atoms with Crippen LogP contribution in [-0.2, 0) is 11.2 Å². The standard InChI is InChI=1S/C13H16F3NO2/c1-7(3-9(6-17)13(18)19)2-8-4-10(14)5-11(15)12(8)16/h4-5,7,9H,2-3,6,17H2,1H3,(H,18,19). The van der Waals surface area contributed by atoms with Crippen molar-refractivity contribution in [3.05, 3.63) is 35.1 Å². The average molecular weight is 275 g/mol. The van der Waals surface area contributed by atoms with Crippen molar-refractivity contribution >= 4 is 5.97 Å². The van der Waals surface area contributed by atoms with Gasteiger partial charge in [0.15, 0.2) is 11.6 Å². The van der Waals surface area contributed by atoms with E-state index in [4.69, 9.17) is 10.8 Å². The number of carboxylic acid groups (broad SMARTS) is 1. The predicted octanol–water partition coefficient (Wildman–Crippen LogP) is 2.33. The van der Waals surface area contributed by atoms with Gasteiger partial charge in [0.1, 0.15) is 5.82 Å². The van der Waals surface area contributed by atoms with E-state index in [1.54, 1.807) is 6.92 Å². The Morgan fingerprint density at radius 1 is 1.37 bits per heavy atom. The quantitative estimate of drug-likeness (QED) is 0.783. The number of hydrogen-bond donors (Lipinski definition) is 2. The molecule has 3 N–H and O–H groups in total. The van der Waals surface area contributed by atoms with Crippen LogP contribution >= 0.6 is 0 Å². The average Bonchev–Trinajstić information content (AvgIpc) is 2.32. The van der Waals surface area contributed by atoms with Crippen molar-refractivity contribution in [2.24, 2.45) is 17.6 Å². The Morgan fingerprint density at radius 2 is 2.00 bits per heavy atom. The van der Waals surface area contributed by atoms with E-state index in [9.17, 15) is 18.0 Å². The number of carbonyl (C=O) groups is 1. The minimum absolute atomic E-state index is 0.0281. The van der Waals surface area contributed by atoms with Crippen LogP contribution in [0.15, 0.2) is 12.1 Å². The molecule has 1 aromatic carbocycles. The molecule has 0 saturated heterocycles. The highest BCUT2D eigenvalue weighted by atomic mass is 19.2. The molecule has 0 spiro atoms. The third kappa shape index (κ3) is 4.24. The molecule has 0 aliphatic carbocycles. The van der Waals surface area contributed by atoms with Crippen molar-refractivity contribution in [3.63, 3.8) is 0 Å².